The summed E-state index contributed by atoms with van der Waals surface area (Å²) in [6.07, 6.45) is 0. The highest BCUT2D eigenvalue weighted by Crippen LogP contribution is 2.20. The first kappa shape index (κ1) is 17.0. The van der Waals surface area contributed by atoms with Crippen LogP contribution in [-0.4, -0.2) is 46.8 Å². The van der Waals surface area contributed by atoms with Crippen molar-refractivity contribution in [2.75, 3.05) is 26.2 Å². The first-order chi connectivity index (χ1) is 12.0. The van der Waals surface area contributed by atoms with Crippen LogP contribution in [0.1, 0.15) is 15.9 Å². The van der Waals surface area contributed by atoms with Crippen molar-refractivity contribution in [3.05, 3.63) is 75.6 Å². The number of hydrogen-bond acceptors (Lipinski definition) is 4. The van der Waals surface area contributed by atoms with E-state index in [9.17, 15) is 19.3 Å². The number of amides is 1. The van der Waals surface area contributed by atoms with E-state index in [1.165, 1.54) is 24.3 Å². The molecule has 25 heavy (non-hydrogen) atoms. The number of halogens is 1. The molecule has 2 aromatic rings. The summed E-state index contributed by atoms with van der Waals surface area (Å²) >= 11 is 0. The molecule has 0 saturated carbocycles. The molecular formula is C18H18FN3O3. The van der Waals surface area contributed by atoms with Crippen LogP contribution in [0.15, 0.2) is 48.5 Å². The maximum atomic E-state index is 13.3. The van der Waals surface area contributed by atoms with E-state index in [0.29, 0.717) is 43.9 Å². The molecule has 6 nitrogen and oxygen atoms in total. The van der Waals surface area contributed by atoms with Gasteiger partial charge in [0.05, 0.1) is 4.92 Å². The number of nitro benzene ring substituents is 1. The SMILES string of the molecule is O=C(c1cccc(F)c1)N1CCN(Cc2ccccc2[N+](=O)[O-])CC1. The average molecular weight is 343 g/mol. The molecule has 7 heteroatoms. The Labute approximate surface area is 144 Å². The fraction of sp³-hybridized carbons (Fsp3) is 0.278. The third-order valence-electron chi connectivity index (χ3n) is 4.31. The van der Waals surface area contributed by atoms with E-state index in [1.807, 2.05) is 0 Å². The Morgan fingerprint density at radius 1 is 1.08 bits per heavy atom. The molecular weight excluding hydrogens is 325 g/mol. The highest BCUT2D eigenvalue weighted by molar-refractivity contribution is 5.94. The van der Waals surface area contributed by atoms with Gasteiger partial charge < -0.3 is 4.90 Å². The van der Waals surface area contributed by atoms with Gasteiger partial charge >= 0.3 is 0 Å². The lowest BCUT2D eigenvalue weighted by molar-refractivity contribution is -0.385. The number of para-hydroxylation sites is 1. The Morgan fingerprint density at radius 2 is 1.80 bits per heavy atom. The van der Waals surface area contributed by atoms with E-state index in [1.54, 1.807) is 29.2 Å². The van der Waals surface area contributed by atoms with Crippen LogP contribution in [0, 0.1) is 15.9 Å². The van der Waals surface area contributed by atoms with Crippen molar-refractivity contribution in [1.29, 1.82) is 0 Å². The van der Waals surface area contributed by atoms with Crippen molar-refractivity contribution in [1.82, 2.24) is 9.80 Å². The van der Waals surface area contributed by atoms with Gasteiger partial charge in [-0.3, -0.25) is 19.8 Å². The smallest absolute Gasteiger partial charge is 0.273 e. The molecule has 1 amide bonds. The largest absolute Gasteiger partial charge is 0.336 e. The maximum Gasteiger partial charge on any atom is 0.273 e. The number of hydrogen-bond donors (Lipinski definition) is 0. The number of benzene rings is 2. The minimum Gasteiger partial charge on any atom is -0.336 e. The van der Waals surface area contributed by atoms with Crippen LogP contribution in [0.25, 0.3) is 0 Å². The highest BCUT2D eigenvalue weighted by atomic mass is 19.1. The number of piperazine rings is 1. The van der Waals surface area contributed by atoms with Gasteiger partial charge in [-0.25, -0.2) is 4.39 Å². The molecule has 0 aliphatic carbocycles. The summed E-state index contributed by atoms with van der Waals surface area (Å²) in [5.41, 5.74) is 1.12. The van der Waals surface area contributed by atoms with Crippen LogP contribution < -0.4 is 0 Å². The topological polar surface area (TPSA) is 66.7 Å². The summed E-state index contributed by atoms with van der Waals surface area (Å²) in [6, 6.07) is 12.4. The van der Waals surface area contributed by atoms with Crippen molar-refractivity contribution in [3.63, 3.8) is 0 Å². The van der Waals surface area contributed by atoms with E-state index in [0.717, 1.165) is 0 Å². The Balaban J connectivity index is 1.61. The monoisotopic (exact) mass is 343 g/mol. The second kappa shape index (κ2) is 7.40. The maximum absolute atomic E-state index is 13.3. The molecule has 3 rings (SSSR count). The average Bonchev–Trinajstić information content (AvgIpc) is 2.62. The lowest BCUT2D eigenvalue weighted by Gasteiger charge is -2.34. The molecule has 0 N–H and O–H groups in total. The molecule has 2 aromatic carbocycles. The van der Waals surface area contributed by atoms with Gasteiger partial charge in [-0.05, 0) is 18.2 Å². The van der Waals surface area contributed by atoms with Gasteiger partial charge in [-0.15, -0.1) is 0 Å². The molecule has 0 bridgehead atoms. The van der Waals surface area contributed by atoms with Crippen LogP contribution in [0.3, 0.4) is 0 Å². The standard InChI is InChI=1S/C18H18FN3O3/c19-16-6-3-5-14(12-16)18(23)21-10-8-20(9-11-21)13-15-4-1-2-7-17(15)22(24)25/h1-7,12H,8-11,13H2. The molecule has 1 heterocycles. The van der Waals surface area contributed by atoms with E-state index >= 15 is 0 Å². The normalized spacial score (nSPS) is 15.2. The van der Waals surface area contributed by atoms with Gasteiger partial charge in [-0.1, -0.05) is 24.3 Å². The Hall–Kier alpha value is -2.80. The van der Waals surface area contributed by atoms with E-state index in [4.69, 9.17) is 0 Å². The van der Waals surface area contributed by atoms with Gasteiger partial charge in [0.2, 0.25) is 0 Å². The third kappa shape index (κ3) is 4.00. The van der Waals surface area contributed by atoms with Crippen LogP contribution in [0.2, 0.25) is 0 Å². The third-order valence-corrected chi connectivity index (χ3v) is 4.31. The first-order valence-electron chi connectivity index (χ1n) is 8.04. The van der Waals surface area contributed by atoms with Gasteiger partial charge in [-0.2, -0.15) is 0 Å². The van der Waals surface area contributed by atoms with Gasteiger partial charge in [0, 0.05) is 49.9 Å². The minimum atomic E-state index is -0.430. The summed E-state index contributed by atoms with van der Waals surface area (Å²) in [5.74, 6) is -0.620. The van der Waals surface area contributed by atoms with Crippen molar-refractivity contribution in [2.24, 2.45) is 0 Å². The summed E-state index contributed by atoms with van der Waals surface area (Å²) in [6.45, 7) is 2.73. The molecule has 0 spiro atoms. The molecule has 1 aliphatic heterocycles. The number of nitrogens with zero attached hydrogens (tertiary/aromatic N) is 3. The zero-order valence-corrected chi connectivity index (χ0v) is 13.6. The van der Waals surface area contributed by atoms with Crippen molar-refractivity contribution in [2.45, 2.75) is 6.54 Å². The van der Waals surface area contributed by atoms with E-state index in [-0.39, 0.29) is 16.5 Å². The second-order valence-corrected chi connectivity index (χ2v) is 5.96. The molecule has 1 fully saturated rings. The number of nitro groups is 1. The quantitative estimate of drug-likeness (QED) is 0.632. The van der Waals surface area contributed by atoms with E-state index in [2.05, 4.69) is 4.90 Å². The molecule has 0 unspecified atom stereocenters. The van der Waals surface area contributed by atoms with Gasteiger partial charge in [0.25, 0.3) is 11.6 Å². The second-order valence-electron chi connectivity index (χ2n) is 5.96. The zero-order chi connectivity index (χ0) is 17.8. The van der Waals surface area contributed by atoms with Crippen molar-refractivity contribution < 1.29 is 14.1 Å². The lowest BCUT2D eigenvalue weighted by atomic mass is 10.1. The Bertz CT molecular complexity index is 789. The number of carbonyl (C=O) groups is 1. The molecule has 0 aromatic heterocycles. The Morgan fingerprint density at radius 3 is 2.48 bits per heavy atom. The zero-order valence-electron chi connectivity index (χ0n) is 13.6. The summed E-state index contributed by atoms with van der Waals surface area (Å²) in [7, 11) is 0. The Kier molecular flexibility index (Phi) is 5.04. The van der Waals surface area contributed by atoms with Crippen molar-refractivity contribution >= 4 is 11.6 Å². The summed E-state index contributed by atoms with van der Waals surface area (Å²) in [5, 5.41) is 11.1. The number of rotatable bonds is 4. The van der Waals surface area contributed by atoms with Crippen molar-refractivity contribution in [3.8, 4) is 0 Å². The van der Waals surface area contributed by atoms with Gasteiger partial charge in [0.15, 0.2) is 0 Å². The van der Waals surface area contributed by atoms with Gasteiger partial charge in [0.1, 0.15) is 5.82 Å². The fourth-order valence-corrected chi connectivity index (χ4v) is 2.98. The fourth-order valence-electron chi connectivity index (χ4n) is 2.98. The predicted molar refractivity (Wildman–Crippen MR) is 90.7 cm³/mol. The molecule has 0 radical (unpaired) electrons. The minimum absolute atomic E-state index is 0.112. The molecule has 1 saturated heterocycles. The van der Waals surface area contributed by atoms with Crippen LogP contribution in [-0.2, 0) is 6.54 Å². The lowest BCUT2D eigenvalue weighted by Crippen LogP contribution is -2.48. The van der Waals surface area contributed by atoms with E-state index < -0.39 is 5.82 Å². The molecule has 130 valence electrons. The first-order valence-corrected chi connectivity index (χ1v) is 8.04. The highest BCUT2D eigenvalue weighted by Gasteiger charge is 2.24. The summed E-state index contributed by atoms with van der Waals surface area (Å²) < 4.78 is 13.3. The molecule has 1 aliphatic rings. The summed E-state index contributed by atoms with van der Waals surface area (Å²) in [4.78, 5) is 26.9. The van der Waals surface area contributed by atoms with Crippen LogP contribution >= 0.6 is 0 Å². The van der Waals surface area contributed by atoms with Crippen LogP contribution in [0.5, 0.6) is 0 Å². The predicted octanol–water partition coefficient (Wildman–Crippen LogP) is 2.69. The van der Waals surface area contributed by atoms with Crippen LogP contribution in [0.4, 0.5) is 10.1 Å². The molecule has 0 atom stereocenters. The number of carbonyl (C=O) groups excluding carboxylic acids is 1.